The van der Waals surface area contributed by atoms with Crippen molar-refractivity contribution in [2.24, 2.45) is 11.8 Å². The van der Waals surface area contributed by atoms with Gasteiger partial charge in [0.1, 0.15) is 5.01 Å². The summed E-state index contributed by atoms with van der Waals surface area (Å²) in [6, 6.07) is 14.2. The molecule has 1 aromatic heterocycles. The molecule has 1 N–H and O–H groups in total. The van der Waals surface area contributed by atoms with Gasteiger partial charge in [0.15, 0.2) is 0 Å². The van der Waals surface area contributed by atoms with Crippen LogP contribution < -0.4 is 5.32 Å². The van der Waals surface area contributed by atoms with E-state index in [1.54, 1.807) is 11.3 Å². The van der Waals surface area contributed by atoms with Gasteiger partial charge in [0.05, 0.1) is 10.2 Å². The number of thiazole rings is 1. The number of hydrogen-bond acceptors (Lipinski definition) is 4. The van der Waals surface area contributed by atoms with Crippen molar-refractivity contribution in [3.05, 3.63) is 48.0 Å². The minimum Gasteiger partial charge on any atom is -0.342 e. The highest BCUT2D eigenvalue weighted by molar-refractivity contribution is 7.21. The second-order valence-electron chi connectivity index (χ2n) is 8.43. The molecule has 0 spiro atoms. The number of carbonyl (C=O) groups excluding carboxylic acids is 2. The summed E-state index contributed by atoms with van der Waals surface area (Å²) in [4.78, 5) is 31.5. The highest BCUT2D eigenvalue weighted by atomic mass is 32.1. The van der Waals surface area contributed by atoms with E-state index in [0.29, 0.717) is 13.1 Å². The monoisotopic (exact) mass is 419 g/mol. The number of aryl methyl sites for hydroxylation is 1. The third-order valence-corrected chi connectivity index (χ3v) is 7.11. The Bertz CT molecular complexity index is 1090. The summed E-state index contributed by atoms with van der Waals surface area (Å²) in [5.74, 6) is 0.569. The maximum Gasteiger partial charge on any atom is 0.227 e. The van der Waals surface area contributed by atoms with Gasteiger partial charge < -0.3 is 10.2 Å². The normalized spacial score (nSPS) is 17.3. The second-order valence-corrected chi connectivity index (χ2v) is 9.46. The molecule has 154 valence electrons. The third-order valence-electron chi connectivity index (χ3n) is 6.05. The summed E-state index contributed by atoms with van der Waals surface area (Å²) in [5, 5.41) is 4.03. The fourth-order valence-corrected chi connectivity index (χ4v) is 5.12. The van der Waals surface area contributed by atoms with E-state index in [1.807, 2.05) is 29.2 Å². The van der Waals surface area contributed by atoms with Gasteiger partial charge in [0.2, 0.25) is 11.8 Å². The minimum atomic E-state index is -0.0274. The number of aromatic nitrogens is 1. The molecule has 6 heteroatoms. The van der Waals surface area contributed by atoms with Crippen molar-refractivity contribution in [1.29, 1.82) is 0 Å². The molecule has 5 nitrogen and oxygen atoms in total. The van der Waals surface area contributed by atoms with Gasteiger partial charge in [-0.15, -0.1) is 11.3 Å². The topological polar surface area (TPSA) is 62.3 Å². The molecule has 2 fully saturated rings. The molecule has 0 radical (unpaired) electrons. The van der Waals surface area contributed by atoms with E-state index in [0.717, 1.165) is 47.5 Å². The van der Waals surface area contributed by atoms with Crippen molar-refractivity contribution in [3.63, 3.8) is 0 Å². The number of carbonyl (C=O) groups is 2. The largest absolute Gasteiger partial charge is 0.342 e. The average Bonchev–Trinajstić information content (AvgIpc) is 3.53. The highest BCUT2D eigenvalue weighted by Crippen LogP contribution is 2.33. The van der Waals surface area contributed by atoms with E-state index >= 15 is 0 Å². The van der Waals surface area contributed by atoms with Gasteiger partial charge in [-0.05, 0) is 74.6 Å². The second kappa shape index (κ2) is 7.84. The summed E-state index contributed by atoms with van der Waals surface area (Å²) >= 11 is 1.69. The molecular weight excluding hydrogens is 394 g/mol. The Hall–Kier alpha value is -2.73. The minimum absolute atomic E-state index is 0.0274. The predicted molar refractivity (Wildman–Crippen MR) is 120 cm³/mol. The zero-order valence-electron chi connectivity index (χ0n) is 17.1. The maximum atomic E-state index is 12.7. The molecule has 1 aliphatic carbocycles. The van der Waals surface area contributed by atoms with Crippen molar-refractivity contribution in [2.75, 3.05) is 18.4 Å². The van der Waals surface area contributed by atoms with Crippen LogP contribution in [0.4, 0.5) is 5.69 Å². The van der Waals surface area contributed by atoms with Crippen LogP contribution in [0.2, 0.25) is 0 Å². The Morgan fingerprint density at radius 1 is 1.00 bits per heavy atom. The molecule has 2 aliphatic rings. The van der Waals surface area contributed by atoms with E-state index in [4.69, 9.17) is 4.98 Å². The Labute approximate surface area is 180 Å². The van der Waals surface area contributed by atoms with E-state index in [-0.39, 0.29) is 23.7 Å². The van der Waals surface area contributed by atoms with Gasteiger partial charge in [-0.1, -0.05) is 6.07 Å². The number of benzene rings is 2. The lowest BCUT2D eigenvalue weighted by Gasteiger charge is -2.31. The summed E-state index contributed by atoms with van der Waals surface area (Å²) in [7, 11) is 0. The van der Waals surface area contributed by atoms with Gasteiger partial charge in [-0.2, -0.15) is 0 Å². The van der Waals surface area contributed by atoms with Crippen LogP contribution in [0.3, 0.4) is 0 Å². The molecule has 2 aromatic carbocycles. The number of fused-ring (bicyclic) bond motifs is 1. The first-order chi connectivity index (χ1) is 14.6. The van der Waals surface area contributed by atoms with Crippen LogP contribution in [-0.4, -0.2) is 34.8 Å². The average molecular weight is 420 g/mol. The standard InChI is InChI=1S/C24H25N3O2S/c1-15-2-9-20-21(14-15)30-23(26-20)17-5-7-19(8-6-17)25-22(28)16-10-12-27(13-11-16)24(29)18-3-4-18/h2,5-9,14,16,18H,3-4,10-13H2,1H3,(H,25,28). The molecule has 1 saturated heterocycles. The van der Waals surface area contributed by atoms with Crippen LogP contribution in [-0.2, 0) is 9.59 Å². The zero-order chi connectivity index (χ0) is 20.7. The molecule has 0 unspecified atom stereocenters. The van der Waals surface area contributed by atoms with Gasteiger partial charge in [0.25, 0.3) is 0 Å². The number of rotatable bonds is 4. The van der Waals surface area contributed by atoms with Crippen LogP contribution in [0.5, 0.6) is 0 Å². The molecular formula is C24H25N3O2S. The molecule has 1 aliphatic heterocycles. The number of piperidine rings is 1. The summed E-state index contributed by atoms with van der Waals surface area (Å²) in [5.41, 5.74) is 4.11. The molecule has 5 rings (SSSR count). The highest BCUT2D eigenvalue weighted by Gasteiger charge is 2.35. The Kier molecular flexibility index (Phi) is 5.03. The number of anilines is 1. The lowest BCUT2D eigenvalue weighted by Crippen LogP contribution is -2.42. The van der Waals surface area contributed by atoms with Crippen LogP contribution in [0.15, 0.2) is 42.5 Å². The number of nitrogens with one attached hydrogen (secondary N) is 1. The first kappa shape index (κ1) is 19.2. The lowest BCUT2D eigenvalue weighted by atomic mass is 9.95. The molecule has 0 bridgehead atoms. The SMILES string of the molecule is Cc1ccc2nc(-c3ccc(NC(=O)C4CCN(C(=O)C5CC5)CC4)cc3)sc2c1. The van der Waals surface area contributed by atoms with E-state index in [2.05, 4.69) is 30.4 Å². The molecule has 2 heterocycles. The number of nitrogens with zero attached hydrogens (tertiary/aromatic N) is 2. The van der Waals surface area contributed by atoms with Crippen molar-refractivity contribution < 1.29 is 9.59 Å². The maximum absolute atomic E-state index is 12.7. The molecule has 30 heavy (non-hydrogen) atoms. The van der Waals surface area contributed by atoms with Gasteiger partial charge in [-0.3, -0.25) is 9.59 Å². The van der Waals surface area contributed by atoms with Crippen LogP contribution >= 0.6 is 11.3 Å². The summed E-state index contributed by atoms with van der Waals surface area (Å²) < 4.78 is 1.19. The van der Waals surface area contributed by atoms with Crippen LogP contribution in [0.25, 0.3) is 20.8 Å². The first-order valence-electron chi connectivity index (χ1n) is 10.6. The fourth-order valence-electron chi connectivity index (χ4n) is 4.05. The quantitative estimate of drug-likeness (QED) is 0.657. The Morgan fingerprint density at radius 2 is 1.73 bits per heavy atom. The van der Waals surface area contributed by atoms with Gasteiger partial charge in [0, 0.05) is 36.2 Å². The Morgan fingerprint density at radius 3 is 2.43 bits per heavy atom. The van der Waals surface area contributed by atoms with Crippen molar-refractivity contribution in [3.8, 4) is 10.6 Å². The summed E-state index contributed by atoms with van der Waals surface area (Å²) in [6.07, 6.45) is 3.55. The predicted octanol–water partition coefficient (Wildman–Crippen LogP) is 4.86. The van der Waals surface area contributed by atoms with Crippen LogP contribution in [0.1, 0.15) is 31.2 Å². The first-order valence-corrected chi connectivity index (χ1v) is 11.5. The summed E-state index contributed by atoms with van der Waals surface area (Å²) in [6.45, 7) is 3.48. The lowest BCUT2D eigenvalue weighted by molar-refractivity contribution is -0.135. The Balaban J connectivity index is 1.20. The van der Waals surface area contributed by atoms with Crippen molar-refractivity contribution in [1.82, 2.24) is 9.88 Å². The fraction of sp³-hybridized carbons (Fsp3) is 0.375. The zero-order valence-corrected chi connectivity index (χ0v) is 17.9. The number of hydrogen-bond donors (Lipinski definition) is 1. The molecule has 2 amide bonds. The van der Waals surface area contributed by atoms with Crippen molar-refractivity contribution in [2.45, 2.75) is 32.6 Å². The number of amides is 2. The van der Waals surface area contributed by atoms with Crippen LogP contribution in [0, 0.1) is 18.8 Å². The van der Waals surface area contributed by atoms with E-state index in [1.165, 1.54) is 10.3 Å². The van der Waals surface area contributed by atoms with Gasteiger partial charge in [-0.25, -0.2) is 4.98 Å². The van der Waals surface area contributed by atoms with Crippen molar-refractivity contribution >= 4 is 39.1 Å². The van der Waals surface area contributed by atoms with E-state index < -0.39 is 0 Å². The third kappa shape index (κ3) is 3.97. The molecule has 3 aromatic rings. The van der Waals surface area contributed by atoms with Gasteiger partial charge >= 0.3 is 0 Å². The molecule has 1 saturated carbocycles. The molecule has 0 atom stereocenters. The smallest absolute Gasteiger partial charge is 0.227 e. The number of likely N-dealkylation sites (tertiary alicyclic amines) is 1. The van der Waals surface area contributed by atoms with E-state index in [9.17, 15) is 9.59 Å².